The van der Waals surface area contributed by atoms with Crippen molar-refractivity contribution in [3.63, 3.8) is 0 Å². The van der Waals surface area contributed by atoms with Crippen molar-refractivity contribution < 1.29 is 14.2 Å². The van der Waals surface area contributed by atoms with Gasteiger partial charge in [0, 0.05) is 6.42 Å². The highest BCUT2D eigenvalue weighted by Crippen LogP contribution is 2.31. The summed E-state index contributed by atoms with van der Waals surface area (Å²) in [5.41, 5.74) is 0. The smallest absolute Gasteiger partial charge is 0.198 e. The zero-order chi connectivity index (χ0) is 10.6. The minimum atomic E-state index is 0.485. The highest BCUT2D eigenvalue weighted by Gasteiger charge is 2.23. The Morgan fingerprint density at radius 2 is 1.93 bits per heavy atom. The van der Waals surface area contributed by atoms with Crippen LogP contribution in [0.2, 0.25) is 0 Å². The molecule has 80 valence electrons. The lowest BCUT2D eigenvalue weighted by Gasteiger charge is -2.23. The van der Waals surface area contributed by atoms with Crippen LogP contribution in [0.1, 0.15) is 19.8 Å². The maximum Gasteiger partial charge on any atom is 0.198 e. The molecule has 1 aliphatic carbocycles. The molecule has 0 saturated heterocycles. The lowest BCUT2D eigenvalue weighted by Crippen LogP contribution is -2.12. The van der Waals surface area contributed by atoms with E-state index < -0.39 is 0 Å². The molecule has 0 aromatic heterocycles. The number of hydrogen-bond donors (Lipinski definition) is 0. The SMILES string of the molecule is CCC1C=C(OC)C(OC)=C(OC)C1. The Morgan fingerprint density at radius 1 is 1.21 bits per heavy atom. The molecule has 0 aromatic carbocycles. The van der Waals surface area contributed by atoms with Gasteiger partial charge in [-0.1, -0.05) is 6.92 Å². The fourth-order valence-corrected chi connectivity index (χ4v) is 1.63. The first kappa shape index (κ1) is 11.0. The Hall–Kier alpha value is -1.12. The van der Waals surface area contributed by atoms with Gasteiger partial charge in [0.05, 0.1) is 21.3 Å². The van der Waals surface area contributed by atoms with Gasteiger partial charge in [-0.15, -0.1) is 0 Å². The fourth-order valence-electron chi connectivity index (χ4n) is 1.63. The van der Waals surface area contributed by atoms with Gasteiger partial charge >= 0.3 is 0 Å². The van der Waals surface area contributed by atoms with Crippen molar-refractivity contribution in [1.82, 2.24) is 0 Å². The van der Waals surface area contributed by atoms with Gasteiger partial charge in [-0.2, -0.15) is 0 Å². The Balaban J connectivity index is 2.95. The van der Waals surface area contributed by atoms with Gasteiger partial charge in [-0.25, -0.2) is 0 Å². The molecule has 0 saturated carbocycles. The molecular weight excluding hydrogens is 180 g/mol. The Bertz CT molecular complexity index is 253. The molecule has 1 aliphatic rings. The van der Waals surface area contributed by atoms with Crippen molar-refractivity contribution in [3.8, 4) is 0 Å². The van der Waals surface area contributed by atoms with Gasteiger partial charge in [-0.05, 0) is 18.4 Å². The summed E-state index contributed by atoms with van der Waals surface area (Å²) < 4.78 is 15.8. The van der Waals surface area contributed by atoms with E-state index in [0.29, 0.717) is 5.92 Å². The van der Waals surface area contributed by atoms with E-state index in [1.807, 2.05) is 0 Å². The molecule has 0 fully saturated rings. The van der Waals surface area contributed by atoms with E-state index in [-0.39, 0.29) is 0 Å². The van der Waals surface area contributed by atoms with Crippen LogP contribution in [0.3, 0.4) is 0 Å². The summed E-state index contributed by atoms with van der Waals surface area (Å²) >= 11 is 0. The van der Waals surface area contributed by atoms with Crippen LogP contribution in [0.25, 0.3) is 0 Å². The van der Waals surface area contributed by atoms with Crippen molar-refractivity contribution >= 4 is 0 Å². The van der Waals surface area contributed by atoms with E-state index in [1.54, 1.807) is 21.3 Å². The molecule has 3 heteroatoms. The highest BCUT2D eigenvalue weighted by atomic mass is 16.5. The number of methoxy groups -OCH3 is 3. The van der Waals surface area contributed by atoms with Gasteiger partial charge in [-0.3, -0.25) is 0 Å². The molecule has 1 rings (SSSR count). The normalized spacial score (nSPS) is 21.7. The first-order chi connectivity index (χ1) is 6.76. The molecule has 0 spiro atoms. The van der Waals surface area contributed by atoms with E-state index in [9.17, 15) is 0 Å². The van der Waals surface area contributed by atoms with E-state index in [0.717, 1.165) is 30.1 Å². The molecule has 3 nitrogen and oxygen atoms in total. The highest BCUT2D eigenvalue weighted by molar-refractivity contribution is 5.28. The minimum Gasteiger partial charge on any atom is -0.497 e. The number of allylic oxidation sites excluding steroid dienone is 2. The quantitative estimate of drug-likeness (QED) is 0.694. The molecule has 14 heavy (non-hydrogen) atoms. The van der Waals surface area contributed by atoms with Gasteiger partial charge in [0.15, 0.2) is 11.5 Å². The van der Waals surface area contributed by atoms with Crippen molar-refractivity contribution in [1.29, 1.82) is 0 Å². The number of ether oxygens (including phenoxy) is 3. The summed E-state index contributed by atoms with van der Waals surface area (Å²) in [6, 6.07) is 0. The lowest BCUT2D eigenvalue weighted by molar-refractivity contribution is 0.165. The molecule has 0 heterocycles. The van der Waals surface area contributed by atoms with E-state index in [2.05, 4.69) is 13.0 Å². The molecule has 1 atom stereocenters. The van der Waals surface area contributed by atoms with Crippen LogP contribution in [-0.2, 0) is 14.2 Å². The zero-order valence-corrected chi connectivity index (χ0v) is 9.29. The third-order valence-corrected chi connectivity index (χ3v) is 2.51. The van der Waals surface area contributed by atoms with Crippen LogP contribution in [0.15, 0.2) is 23.4 Å². The predicted octanol–water partition coefficient (Wildman–Crippen LogP) is 2.45. The number of rotatable bonds is 4. The summed E-state index contributed by atoms with van der Waals surface area (Å²) in [5.74, 6) is 2.86. The van der Waals surface area contributed by atoms with Crippen molar-refractivity contribution in [2.45, 2.75) is 19.8 Å². The molecule has 0 aromatic rings. The van der Waals surface area contributed by atoms with Gasteiger partial charge < -0.3 is 14.2 Å². The molecular formula is C11H18O3. The van der Waals surface area contributed by atoms with Crippen molar-refractivity contribution in [2.75, 3.05) is 21.3 Å². The minimum absolute atomic E-state index is 0.485. The van der Waals surface area contributed by atoms with Crippen LogP contribution in [-0.4, -0.2) is 21.3 Å². The second-order valence-corrected chi connectivity index (χ2v) is 3.27. The summed E-state index contributed by atoms with van der Waals surface area (Å²) in [4.78, 5) is 0. The standard InChI is InChI=1S/C11H18O3/c1-5-8-6-9(12-2)11(14-4)10(7-8)13-3/h6,8H,5,7H2,1-4H3. The summed E-state index contributed by atoms with van der Waals surface area (Å²) in [6.07, 6.45) is 4.07. The van der Waals surface area contributed by atoms with E-state index in [4.69, 9.17) is 14.2 Å². The van der Waals surface area contributed by atoms with Crippen molar-refractivity contribution in [3.05, 3.63) is 23.4 Å². The average molecular weight is 198 g/mol. The van der Waals surface area contributed by atoms with Crippen molar-refractivity contribution in [2.24, 2.45) is 5.92 Å². The van der Waals surface area contributed by atoms with E-state index in [1.165, 1.54) is 0 Å². The first-order valence-corrected chi connectivity index (χ1v) is 4.84. The third kappa shape index (κ3) is 2.03. The summed E-state index contributed by atoms with van der Waals surface area (Å²) in [7, 11) is 4.95. The maximum atomic E-state index is 5.29. The first-order valence-electron chi connectivity index (χ1n) is 4.84. The number of hydrogen-bond acceptors (Lipinski definition) is 3. The largest absolute Gasteiger partial charge is 0.497 e. The molecule has 1 unspecified atom stereocenters. The Morgan fingerprint density at radius 3 is 2.36 bits per heavy atom. The zero-order valence-electron chi connectivity index (χ0n) is 9.29. The molecule has 0 amide bonds. The average Bonchev–Trinajstić information content (AvgIpc) is 2.26. The van der Waals surface area contributed by atoms with Crippen LogP contribution in [0.4, 0.5) is 0 Å². The molecule has 0 N–H and O–H groups in total. The summed E-state index contributed by atoms with van der Waals surface area (Å²) in [5, 5.41) is 0. The van der Waals surface area contributed by atoms with E-state index >= 15 is 0 Å². The maximum absolute atomic E-state index is 5.29. The second kappa shape index (κ2) is 4.94. The summed E-state index contributed by atoms with van der Waals surface area (Å²) in [6.45, 7) is 2.15. The van der Waals surface area contributed by atoms with Crippen LogP contribution >= 0.6 is 0 Å². The second-order valence-electron chi connectivity index (χ2n) is 3.27. The van der Waals surface area contributed by atoms with Crippen LogP contribution < -0.4 is 0 Å². The van der Waals surface area contributed by atoms with Crippen LogP contribution in [0, 0.1) is 5.92 Å². The predicted molar refractivity (Wildman–Crippen MR) is 54.5 cm³/mol. The van der Waals surface area contributed by atoms with Gasteiger partial charge in [0.2, 0.25) is 0 Å². The topological polar surface area (TPSA) is 27.7 Å². The monoisotopic (exact) mass is 198 g/mol. The lowest BCUT2D eigenvalue weighted by atomic mass is 9.95. The molecule has 0 aliphatic heterocycles. The Labute approximate surface area is 85.3 Å². The Kier molecular flexibility index (Phi) is 3.86. The molecule has 0 bridgehead atoms. The van der Waals surface area contributed by atoms with Gasteiger partial charge in [0.25, 0.3) is 0 Å². The molecule has 0 radical (unpaired) electrons. The van der Waals surface area contributed by atoms with Crippen LogP contribution in [0.5, 0.6) is 0 Å². The fraction of sp³-hybridized carbons (Fsp3) is 0.636. The third-order valence-electron chi connectivity index (χ3n) is 2.51. The van der Waals surface area contributed by atoms with Gasteiger partial charge in [0.1, 0.15) is 5.76 Å².